The molecule has 1 saturated carbocycles. The van der Waals surface area contributed by atoms with Gasteiger partial charge in [0, 0.05) is 13.1 Å². The summed E-state index contributed by atoms with van der Waals surface area (Å²) in [5, 5.41) is 16.8. The Hall–Kier alpha value is -1.92. The first-order chi connectivity index (χ1) is 8.20. The molecular weight excluding hydrogens is 222 g/mol. The summed E-state index contributed by atoms with van der Waals surface area (Å²) in [4.78, 5) is 18.3. The van der Waals surface area contributed by atoms with Crippen LogP contribution in [0.1, 0.15) is 25.7 Å². The summed E-state index contributed by atoms with van der Waals surface area (Å²) in [7, 11) is 1.68. The molecule has 7 nitrogen and oxygen atoms in total. The number of anilines is 2. The van der Waals surface area contributed by atoms with Crippen LogP contribution in [-0.2, 0) is 0 Å². The molecule has 0 amide bonds. The number of nitrogens with zero attached hydrogens (tertiary/aromatic N) is 3. The molecule has 0 saturated heterocycles. The summed E-state index contributed by atoms with van der Waals surface area (Å²) in [6, 6.07) is 0.285. The second kappa shape index (κ2) is 4.94. The van der Waals surface area contributed by atoms with Crippen molar-refractivity contribution in [2.75, 3.05) is 17.7 Å². The zero-order chi connectivity index (χ0) is 12.3. The minimum Gasteiger partial charge on any atom is -0.361 e. The maximum absolute atomic E-state index is 10.9. The molecule has 1 aromatic rings. The van der Waals surface area contributed by atoms with Gasteiger partial charge in [0.1, 0.15) is 6.20 Å². The van der Waals surface area contributed by atoms with Gasteiger partial charge in [-0.15, -0.1) is 0 Å². The van der Waals surface area contributed by atoms with Gasteiger partial charge in [-0.25, -0.2) is 4.98 Å². The van der Waals surface area contributed by atoms with Gasteiger partial charge >= 0.3 is 5.69 Å². The van der Waals surface area contributed by atoms with Crippen LogP contribution in [0.5, 0.6) is 0 Å². The molecule has 1 aliphatic rings. The summed E-state index contributed by atoms with van der Waals surface area (Å²) in [6.45, 7) is 0. The standard InChI is InChI=1S/C10H15N5O2/c1-11-10-12-6-8(15(16)17)9(14-10)13-7-4-2-3-5-7/h6-7H,2-5H2,1H3,(H2,11,12,13,14). The Bertz CT molecular complexity index is 417. The number of aromatic nitrogens is 2. The third-order valence-corrected chi connectivity index (χ3v) is 2.89. The molecule has 0 bridgehead atoms. The molecule has 1 aromatic heterocycles. The molecule has 2 rings (SSSR count). The van der Waals surface area contributed by atoms with Crippen LogP contribution in [0, 0.1) is 10.1 Å². The van der Waals surface area contributed by atoms with Gasteiger partial charge in [-0.3, -0.25) is 10.1 Å². The average Bonchev–Trinajstić information content (AvgIpc) is 2.81. The van der Waals surface area contributed by atoms with Gasteiger partial charge in [0.25, 0.3) is 0 Å². The predicted octanol–water partition coefficient (Wildman–Crippen LogP) is 1.78. The van der Waals surface area contributed by atoms with Crippen molar-refractivity contribution in [1.82, 2.24) is 9.97 Å². The molecule has 0 aliphatic heterocycles. The molecule has 0 spiro atoms. The Kier molecular flexibility index (Phi) is 3.36. The topological polar surface area (TPSA) is 93.0 Å². The van der Waals surface area contributed by atoms with Crippen molar-refractivity contribution in [2.24, 2.45) is 0 Å². The van der Waals surface area contributed by atoms with Crippen LogP contribution >= 0.6 is 0 Å². The predicted molar refractivity (Wildman–Crippen MR) is 64.1 cm³/mol. The summed E-state index contributed by atoms with van der Waals surface area (Å²) < 4.78 is 0. The van der Waals surface area contributed by atoms with Crippen molar-refractivity contribution in [3.05, 3.63) is 16.3 Å². The number of nitrogens with one attached hydrogen (secondary N) is 2. The maximum Gasteiger partial charge on any atom is 0.329 e. The largest absolute Gasteiger partial charge is 0.361 e. The SMILES string of the molecule is CNc1ncc([N+](=O)[O-])c(NC2CCCC2)n1. The minimum absolute atomic E-state index is 0.0732. The van der Waals surface area contributed by atoms with Crippen molar-refractivity contribution >= 4 is 17.5 Å². The van der Waals surface area contributed by atoms with Crippen molar-refractivity contribution in [2.45, 2.75) is 31.7 Å². The van der Waals surface area contributed by atoms with Crippen LogP contribution in [0.15, 0.2) is 6.20 Å². The van der Waals surface area contributed by atoms with E-state index in [4.69, 9.17) is 0 Å². The normalized spacial score (nSPS) is 15.8. The van der Waals surface area contributed by atoms with Crippen molar-refractivity contribution in [3.8, 4) is 0 Å². The van der Waals surface area contributed by atoms with Gasteiger partial charge in [-0.05, 0) is 12.8 Å². The quantitative estimate of drug-likeness (QED) is 0.612. The van der Waals surface area contributed by atoms with Gasteiger partial charge in [-0.2, -0.15) is 4.98 Å². The highest BCUT2D eigenvalue weighted by Gasteiger charge is 2.22. The van der Waals surface area contributed by atoms with Crippen LogP contribution in [-0.4, -0.2) is 28.0 Å². The average molecular weight is 237 g/mol. The van der Waals surface area contributed by atoms with Crippen LogP contribution in [0.25, 0.3) is 0 Å². The molecule has 0 unspecified atom stereocenters. The number of nitro groups is 1. The number of hydrogen-bond donors (Lipinski definition) is 2. The third-order valence-electron chi connectivity index (χ3n) is 2.89. The lowest BCUT2D eigenvalue weighted by Crippen LogP contribution is -2.17. The monoisotopic (exact) mass is 237 g/mol. The van der Waals surface area contributed by atoms with E-state index in [-0.39, 0.29) is 11.7 Å². The molecule has 1 aliphatic carbocycles. The molecule has 1 fully saturated rings. The van der Waals surface area contributed by atoms with Crippen LogP contribution in [0.4, 0.5) is 17.5 Å². The lowest BCUT2D eigenvalue weighted by molar-refractivity contribution is -0.384. The van der Waals surface area contributed by atoms with E-state index in [1.54, 1.807) is 7.05 Å². The van der Waals surface area contributed by atoms with E-state index in [0.29, 0.717) is 11.8 Å². The summed E-state index contributed by atoms with van der Waals surface area (Å²) in [5.74, 6) is 0.692. The Morgan fingerprint density at radius 2 is 2.18 bits per heavy atom. The van der Waals surface area contributed by atoms with Crippen LogP contribution in [0.2, 0.25) is 0 Å². The molecular formula is C10H15N5O2. The van der Waals surface area contributed by atoms with E-state index in [9.17, 15) is 10.1 Å². The second-order valence-corrected chi connectivity index (χ2v) is 4.06. The number of hydrogen-bond acceptors (Lipinski definition) is 6. The zero-order valence-electron chi connectivity index (χ0n) is 9.64. The fraction of sp³-hybridized carbons (Fsp3) is 0.600. The summed E-state index contributed by atoms with van der Waals surface area (Å²) in [5.41, 5.74) is -0.0732. The Morgan fingerprint density at radius 1 is 1.47 bits per heavy atom. The highest BCUT2D eigenvalue weighted by molar-refractivity contribution is 5.57. The zero-order valence-corrected chi connectivity index (χ0v) is 9.64. The molecule has 0 radical (unpaired) electrons. The summed E-state index contributed by atoms with van der Waals surface area (Å²) in [6.07, 6.45) is 5.63. The molecule has 1 heterocycles. The van der Waals surface area contributed by atoms with E-state index in [0.717, 1.165) is 25.7 Å². The lowest BCUT2D eigenvalue weighted by Gasteiger charge is -2.12. The van der Waals surface area contributed by atoms with E-state index in [2.05, 4.69) is 20.6 Å². The first-order valence-corrected chi connectivity index (χ1v) is 5.66. The van der Waals surface area contributed by atoms with E-state index in [1.165, 1.54) is 6.20 Å². The fourth-order valence-corrected chi connectivity index (χ4v) is 2.00. The van der Waals surface area contributed by atoms with E-state index >= 15 is 0 Å². The first kappa shape index (κ1) is 11.6. The Balaban J connectivity index is 2.24. The van der Waals surface area contributed by atoms with E-state index < -0.39 is 4.92 Å². The van der Waals surface area contributed by atoms with Crippen LogP contribution in [0.3, 0.4) is 0 Å². The molecule has 0 aromatic carbocycles. The Labute approximate surface area is 98.8 Å². The van der Waals surface area contributed by atoms with E-state index in [1.807, 2.05) is 0 Å². The smallest absolute Gasteiger partial charge is 0.329 e. The summed E-state index contributed by atoms with van der Waals surface area (Å²) >= 11 is 0. The second-order valence-electron chi connectivity index (χ2n) is 4.06. The minimum atomic E-state index is -0.462. The molecule has 0 atom stereocenters. The third kappa shape index (κ3) is 2.61. The number of rotatable bonds is 4. The van der Waals surface area contributed by atoms with Gasteiger partial charge in [-0.1, -0.05) is 12.8 Å². The Morgan fingerprint density at radius 3 is 2.76 bits per heavy atom. The van der Waals surface area contributed by atoms with Crippen LogP contribution < -0.4 is 10.6 Å². The van der Waals surface area contributed by atoms with Gasteiger partial charge < -0.3 is 10.6 Å². The molecule has 17 heavy (non-hydrogen) atoms. The van der Waals surface area contributed by atoms with Crippen molar-refractivity contribution in [1.29, 1.82) is 0 Å². The van der Waals surface area contributed by atoms with Crippen molar-refractivity contribution < 1.29 is 4.92 Å². The molecule has 2 N–H and O–H groups in total. The molecule has 7 heteroatoms. The highest BCUT2D eigenvalue weighted by Crippen LogP contribution is 2.27. The first-order valence-electron chi connectivity index (χ1n) is 5.66. The van der Waals surface area contributed by atoms with Crippen molar-refractivity contribution in [3.63, 3.8) is 0 Å². The van der Waals surface area contributed by atoms with Gasteiger partial charge in [0.15, 0.2) is 0 Å². The highest BCUT2D eigenvalue weighted by atomic mass is 16.6. The van der Waals surface area contributed by atoms with Gasteiger partial charge in [0.05, 0.1) is 4.92 Å². The lowest BCUT2D eigenvalue weighted by atomic mass is 10.2. The van der Waals surface area contributed by atoms with Gasteiger partial charge in [0.2, 0.25) is 11.8 Å². The maximum atomic E-state index is 10.9. The fourth-order valence-electron chi connectivity index (χ4n) is 2.00. The molecule has 92 valence electrons.